The molecule has 2 N–H and O–H groups in total. The zero-order valence-corrected chi connectivity index (χ0v) is 17.2. The van der Waals surface area contributed by atoms with Crippen molar-refractivity contribution in [1.82, 2.24) is 5.32 Å². The van der Waals surface area contributed by atoms with Crippen LogP contribution >= 0.6 is 0 Å². The molecule has 0 fully saturated rings. The van der Waals surface area contributed by atoms with Gasteiger partial charge in [0.05, 0.1) is 7.11 Å². The van der Waals surface area contributed by atoms with Crippen LogP contribution in [0, 0.1) is 6.92 Å². The molecule has 0 aliphatic rings. The molecular weight excluding hydrogens is 352 g/mol. The third-order valence-corrected chi connectivity index (χ3v) is 4.49. The molecule has 5 heteroatoms. The van der Waals surface area contributed by atoms with Gasteiger partial charge >= 0.3 is 0 Å². The lowest BCUT2D eigenvalue weighted by molar-refractivity contribution is -0.118. The van der Waals surface area contributed by atoms with Crippen molar-refractivity contribution in [3.63, 3.8) is 0 Å². The molecule has 0 unspecified atom stereocenters. The van der Waals surface area contributed by atoms with Gasteiger partial charge in [-0.05, 0) is 38.1 Å². The van der Waals surface area contributed by atoms with Gasteiger partial charge in [-0.15, -0.1) is 0 Å². The highest BCUT2D eigenvalue weighted by atomic mass is 16.5. The second kappa shape index (κ2) is 12.0. The van der Waals surface area contributed by atoms with E-state index in [2.05, 4.69) is 17.6 Å². The lowest BCUT2D eigenvalue weighted by Gasteiger charge is -2.15. The van der Waals surface area contributed by atoms with Crippen LogP contribution in [-0.2, 0) is 11.3 Å². The Kier molecular flexibility index (Phi) is 9.35. The minimum absolute atomic E-state index is 0.0717. The number of benzene rings is 2. The van der Waals surface area contributed by atoms with Gasteiger partial charge in [-0.25, -0.2) is 0 Å². The topological polar surface area (TPSA) is 59.6 Å². The summed E-state index contributed by atoms with van der Waals surface area (Å²) in [5.41, 5.74) is 2.89. The van der Waals surface area contributed by atoms with Crippen molar-refractivity contribution < 1.29 is 14.3 Å². The Morgan fingerprint density at radius 1 is 1.04 bits per heavy atom. The lowest BCUT2D eigenvalue weighted by atomic mass is 10.1. The number of unbranched alkanes of at least 4 members (excludes halogenated alkanes) is 3. The van der Waals surface area contributed by atoms with Gasteiger partial charge in [-0.1, -0.05) is 56.0 Å². The first-order chi connectivity index (χ1) is 13.6. The molecule has 2 aromatic carbocycles. The number of carbonyl (C=O) groups is 1. The lowest BCUT2D eigenvalue weighted by Crippen LogP contribution is -2.21. The van der Waals surface area contributed by atoms with E-state index >= 15 is 0 Å². The van der Waals surface area contributed by atoms with E-state index in [1.54, 1.807) is 7.11 Å². The Labute approximate surface area is 168 Å². The van der Waals surface area contributed by atoms with Crippen LogP contribution in [0.4, 0.5) is 5.69 Å². The summed E-state index contributed by atoms with van der Waals surface area (Å²) in [4.78, 5) is 12.2. The summed E-state index contributed by atoms with van der Waals surface area (Å²) in [6, 6.07) is 13.5. The quantitative estimate of drug-likeness (QED) is 0.521. The number of para-hydroxylation sites is 1. The second-order valence-electron chi connectivity index (χ2n) is 6.89. The van der Waals surface area contributed by atoms with Gasteiger partial charge in [0.15, 0.2) is 18.1 Å². The molecule has 152 valence electrons. The van der Waals surface area contributed by atoms with Crippen molar-refractivity contribution in [2.75, 3.05) is 25.6 Å². The number of methoxy groups -OCH3 is 1. The molecule has 0 aliphatic carbocycles. The monoisotopic (exact) mass is 384 g/mol. The zero-order chi connectivity index (χ0) is 20.2. The van der Waals surface area contributed by atoms with Crippen molar-refractivity contribution in [2.24, 2.45) is 0 Å². The minimum atomic E-state index is -0.201. The molecular formula is C23H32N2O3. The number of rotatable bonds is 12. The number of nitrogens with one attached hydrogen (secondary N) is 2. The van der Waals surface area contributed by atoms with Crippen molar-refractivity contribution >= 4 is 11.6 Å². The van der Waals surface area contributed by atoms with Gasteiger partial charge < -0.3 is 20.1 Å². The van der Waals surface area contributed by atoms with Gasteiger partial charge in [-0.3, -0.25) is 4.79 Å². The van der Waals surface area contributed by atoms with E-state index in [1.807, 2.05) is 49.4 Å². The second-order valence-corrected chi connectivity index (χ2v) is 6.89. The third-order valence-electron chi connectivity index (χ3n) is 4.49. The van der Waals surface area contributed by atoms with Crippen LogP contribution in [-0.4, -0.2) is 26.2 Å². The van der Waals surface area contributed by atoms with E-state index in [9.17, 15) is 4.79 Å². The molecule has 0 bridgehead atoms. The van der Waals surface area contributed by atoms with Crippen molar-refractivity contribution in [3.8, 4) is 11.5 Å². The first kappa shape index (κ1) is 21.8. The maximum Gasteiger partial charge on any atom is 0.262 e. The number of aryl methyl sites for hydroxylation is 1. The average molecular weight is 385 g/mol. The normalized spacial score (nSPS) is 10.5. The number of carbonyl (C=O) groups excluding carboxylic acids is 1. The summed E-state index contributed by atoms with van der Waals surface area (Å²) in [5, 5.41) is 6.30. The van der Waals surface area contributed by atoms with Crippen LogP contribution < -0.4 is 20.1 Å². The molecule has 0 aliphatic heterocycles. The maximum absolute atomic E-state index is 12.2. The van der Waals surface area contributed by atoms with Gasteiger partial charge in [-0.2, -0.15) is 0 Å². The third kappa shape index (κ3) is 7.24. The van der Waals surface area contributed by atoms with E-state index < -0.39 is 0 Å². The van der Waals surface area contributed by atoms with Crippen LogP contribution in [0.2, 0.25) is 0 Å². The smallest absolute Gasteiger partial charge is 0.262 e. The summed E-state index contributed by atoms with van der Waals surface area (Å²) >= 11 is 0. The fourth-order valence-electron chi connectivity index (χ4n) is 2.90. The molecule has 0 saturated heterocycles. The molecule has 0 aromatic heterocycles. The molecule has 2 rings (SSSR count). The molecule has 0 spiro atoms. The number of amides is 1. The number of hydrogen-bond acceptors (Lipinski definition) is 4. The van der Waals surface area contributed by atoms with E-state index in [1.165, 1.54) is 19.3 Å². The molecule has 0 radical (unpaired) electrons. The molecule has 0 atom stereocenters. The summed E-state index contributed by atoms with van der Waals surface area (Å²) in [6.45, 7) is 5.79. The Bertz CT molecular complexity index is 729. The summed E-state index contributed by atoms with van der Waals surface area (Å²) in [5.74, 6) is 1.05. The first-order valence-electron chi connectivity index (χ1n) is 10.00. The van der Waals surface area contributed by atoms with Crippen molar-refractivity contribution in [2.45, 2.75) is 46.1 Å². The highest BCUT2D eigenvalue weighted by Crippen LogP contribution is 2.31. The van der Waals surface area contributed by atoms with Gasteiger partial charge in [0.25, 0.3) is 5.91 Å². The Morgan fingerprint density at radius 3 is 2.54 bits per heavy atom. The highest BCUT2D eigenvalue weighted by Gasteiger charge is 2.12. The van der Waals surface area contributed by atoms with Crippen LogP contribution in [0.5, 0.6) is 11.5 Å². The Hall–Kier alpha value is -2.53. The van der Waals surface area contributed by atoms with Gasteiger partial charge in [0, 0.05) is 17.8 Å². The minimum Gasteiger partial charge on any atom is -0.493 e. The molecule has 1 amide bonds. The van der Waals surface area contributed by atoms with E-state index in [-0.39, 0.29) is 12.5 Å². The largest absolute Gasteiger partial charge is 0.493 e. The fraction of sp³-hybridized carbons (Fsp3) is 0.435. The van der Waals surface area contributed by atoms with Crippen molar-refractivity contribution in [1.29, 1.82) is 0 Å². The zero-order valence-electron chi connectivity index (χ0n) is 17.2. The van der Waals surface area contributed by atoms with Gasteiger partial charge in [0.1, 0.15) is 0 Å². The summed E-state index contributed by atoms with van der Waals surface area (Å²) in [6.07, 6.45) is 4.90. The number of anilines is 1. The van der Waals surface area contributed by atoms with Crippen LogP contribution in [0.3, 0.4) is 0 Å². The van der Waals surface area contributed by atoms with Crippen LogP contribution in [0.25, 0.3) is 0 Å². The molecule has 5 nitrogen and oxygen atoms in total. The molecule has 0 saturated carbocycles. The summed E-state index contributed by atoms with van der Waals surface area (Å²) < 4.78 is 11.3. The standard InChI is InChI=1S/C23H32N2O3/c1-4-5-6-7-15-24-16-19-9-8-10-21(27-3)23(19)28-17-22(26)25-20-13-11-18(2)12-14-20/h8-14,24H,4-7,15-17H2,1-3H3,(H,25,26). The fourth-order valence-corrected chi connectivity index (χ4v) is 2.90. The molecule has 0 heterocycles. The summed E-state index contributed by atoms with van der Waals surface area (Å²) in [7, 11) is 1.61. The van der Waals surface area contributed by atoms with Gasteiger partial charge in [0.2, 0.25) is 0 Å². The number of hydrogen-bond donors (Lipinski definition) is 2. The molecule has 2 aromatic rings. The van der Waals surface area contributed by atoms with E-state index in [0.717, 1.165) is 29.8 Å². The maximum atomic E-state index is 12.2. The average Bonchev–Trinajstić information content (AvgIpc) is 2.71. The molecule has 28 heavy (non-hydrogen) atoms. The van der Waals surface area contributed by atoms with E-state index in [0.29, 0.717) is 18.0 Å². The Morgan fingerprint density at radius 2 is 1.82 bits per heavy atom. The van der Waals surface area contributed by atoms with Crippen LogP contribution in [0.1, 0.15) is 43.7 Å². The highest BCUT2D eigenvalue weighted by molar-refractivity contribution is 5.91. The van der Waals surface area contributed by atoms with Crippen molar-refractivity contribution in [3.05, 3.63) is 53.6 Å². The SMILES string of the molecule is CCCCCCNCc1cccc(OC)c1OCC(=O)Nc1ccc(C)cc1. The Balaban J connectivity index is 1.91. The predicted octanol–water partition coefficient (Wildman–Crippen LogP) is 4.69. The number of ether oxygens (including phenoxy) is 2. The van der Waals surface area contributed by atoms with Crippen LogP contribution in [0.15, 0.2) is 42.5 Å². The predicted molar refractivity (Wildman–Crippen MR) is 114 cm³/mol. The van der Waals surface area contributed by atoms with E-state index in [4.69, 9.17) is 9.47 Å². The first-order valence-corrected chi connectivity index (χ1v) is 10.00.